The van der Waals surface area contributed by atoms with Crippen LogP contribution in [0.2, 0.25) is 0 Å². The number of nitrogens with zero attached hydrogens (tertiary/aromatic N) is 2. The molecule has 0 aromatic heterocycles. The van der Waals surface area contributed by atoms with Crippen molar-refractivity contribution in [3.63, 3.8) is 0 Å². The number of rotatable bonds is 4. The van der Waals surface area contributed by atoms with Gasteiger partial charge in [-0.1, -0.05) is 37.6 Å². The maximum Gasteiger partial charge on any atom is 0.242 e. The summed E-state index contributed by atoms with van der Waals surface area (Å²) < 4.78 is 0. The second kappa shape index (κ2) is 9.93. The SMILES string of the molecule is CCc1ccc(C2CNCCN2C(=O)CN2CCCCCC2=O)cc1.Cl. The fourth-order valence-electron chi connectivity index (χ4n) is 3.74. The van der Waals surface area contributed by atoms with E-state index in [1.54, 1.807) is 4.90 Å². The lowest BCUT2D eigenvalue weighted by atomic mass is 10.0. The van der Waals surface area contributed by atoms with Crippen LogP contribution in [0, 0.1) is 0 Å². The highest BCUT2D eigenvalue weighted by Crippen LogP contribution is 2.23. The van der Waals surface area contributed by atoms with Crippen LogP contribution >= 0.6 is 12.4 Å². The van der Waals surface area contributed by atoms with Gasteiger partial charge in [0.2, 0.25) is 11.8 Å². The Morgan fingerprint density at radius 2 is 1.92 bits per heavy atom. The average Bonchev–Trinajstić information content (AvgIpc) is 2.86. The Morgan fingerprint density at radius 1 is 1.15 bits per heavy atom. The van der Waals surface area contributed by atoms with Gasteiger partial charge in [-0.2, -0.15) is 0 Å². The predicted molar refractivity (Wildman–Crippen MR) is 105 cm³/mol. The van der Waals surface area contributed by atoms with E-state index in [1.165, 1.54) is 11.1 Å². The summed E-state index contributed by atoms with van der Waals surface area (Å²) in [5.74, 6) is 0.200. The first-order chi connectivity index (χ1) is 12.2. The van der Waals surface area contributed by atoms with E-state index in [0.717, 1.165) is 38.8 Å². The number of benzene rings is 1. The van der Waals surface area contributed by atoms with Crippen LogP contribution < -0.4 is 5.32 Å². The predicted octanol–water partition coefficient (Wildman–Crippen LogP) is 2.55. The Labute approximate surface area is 162 Å². The first kappa shape index (κ1) is 20.7. The number of likely N-dealkylation sites (tertiary alicyclic amines) is 1. The molecule has 144 valence electrons. The van der Waals surface area contributed by atoms with Gasteiger partial charge in [-0.05, 0) is 30.4 Å². The zero-order valence-corrected chi connectivity index (χ0v) is 16.4. The molecule has 0 saturated carbocycles. The Morgan fingerprint density at radius 3 is 2.65 bits per heavy atom. The number of carbonyl (C=O) groups excluding carboxylic acids is 2. The molecular weight excluding hydrogens is 350 g/mol. The van der Waals surface area contributed by atoms with Gasteiger partial charge in [-0.25, -0.2) is 0 Å². The van der Waals surface area contributed by atoms with Crippen molar-refractivity contribution in [3.8, 4) is 0 Å². The lowest BCUT2D eigenvalue weighted by Crippen LogP contribution is -2.52. The first-order valence-corrected chi connectivity index (χ1v) is 9.56. The molecule has 0 radical (unpaired) electrons. The summed E-state index contributed by atoms with van der Waals surface area (Å²) in [5, 5.41) is 3.39. The zero-order valence-electron chi connectivity index (χ0n) is 15.6. The van der Waals surface area contributed by atoms with Crippen LogP contribution in [-0.4, -0.2) is 54.3 Å². The lowest BCUT2D eigenvalue weighted by Gasteiger charge is -2.37. The molecule has 2 amide bonds. The molecule has 1 aromatic rings. The van der Waals surface area contributed by atoms with Crippen molar-refractivity contribution in [2.24, 2.45) is 0 Å². The maximum atomic E-state index is 12.9. The number of amides is 2. The normalized spacial score (nSPS) is 21.1. The van der Waals surface area contributed by atoms with Gasteiger partial charge in [0.05, 0.1) is 12.6 Å². The number of aryl methyl sites for hydroxylation is 1. The summed E-state index contributed by atoms with van der Waals surface area (Å²) in [6, 6.07) is 8.60. The fraction of sp³-hybridized carbons (Fsp3) is 0.600. The number of halogens is 1. The minimum atomic E-state index is 0. The number of piperazine rings is 1. The van der Waals surface area contributed by atoms with Gasteiger partial charge in [0.15, 0.2) is 0 Å². The number of carbonyl (C=O) groups is 2. The van der Waals surface area contributed by atoms with Crippen molar-refractivity contribution in [2.75, 3.05) is 32.7 Å². The summed E-state index contributed by atoms with van der Waals surface area (Å²) in [6.45, 7) is 5.36. The van der Waals surface area contributed by atoms with E-state index in [4.69, 9.17) is 0 Å². The Kier molecular flexibility index (Phi) is 7.91. The van der Waals surface area contributed by atoms with Crippen molar-refractivity contribution in [1.82, 2.24) is 15.1 Å². The van der Waals surface area contributed by atoms with E-state index in [0.29, 0.717) is 19.5 Å². The van der Waals surface area contributed by atoms with Crippen LogP contribution in [0.15, 0.2) is 24.3 Å². The first-order valence-electron chi connectivity index (χ1n) is 9.56. The molecule has 0 spiro atoms. The second-order valence-corrected chi connectivity index (χ2v) is 7.03. The molecule has 2 heterocycles. The van der Waals surface area contributed by atoms with Crippen LogP contribution in [0.25, 0.3) is 0 Å². The highest BCUT2D eigenvalue weighted by atomic mass is 35.5. The average molecular weight is 380 g/mol. The molecule has 2 saturated heterocycles. The minimum absolute atomic E-state index is 0. The largest absolute Gasteiger partial charge is 0.333 e. The topological polar surface area (TPSA) is 52.7 Å². The molecule has 1 atom stereocenters. The van der Waals surface area contributed by atoms with E-state index in [1.807, 2.05) is 4.90 Å². The van der Waals surface area contributed by atoms with E-state index >= 15 is 0 Å². The molecule has 6 heteroatoms. The van der Waals surface area contributed by atoms with E-state index in [-0.39, 0.29) is 36.8 Å². The molecule has 1 aromatic carbocycles. The van der Waals surface area contributed by atoms with Crippen LogP contribution in [-0.2, 0) is 16.0 Å². The van der Waals surface area contributed by atoms with Gasteiger partial charge in [-0.3, -0.25) is 9.59 Å². The summed E-state index contributed by atoms with van der Waals surface area (Å²) in [4.78, 5) is 28.8. The Bertz CT molecular complexity index is 606. The van der Waals surface area contributed by atoms with Crippen molar-refractivity contribution in [3.05, 3.63) is 35.4 Å². The highest BCUT2D eigenvalue weighted by molar-refractivity contribution is 5.85. The third-order valence-electron chi connectivity index (χ3n) is 5.33. The quantitative estimate of drug-likeness (QED) is 0.874. The molecule has 1 N–H and O–H groups in total. The van der Waals surface area contributed by atoms with Gasteiger partial charge in [0.1, 0.15) is 0 Å². The molecule has 3 rings (SSSR count). The van der Waals surface area contributed by atoms with Gasteiger partial charge in [0.25, 0.3) is 0 Å². The van der Waals surface area contributed by atoms with Crippen LogP contribution in [0.1, 0.15) is 49.8 Å². The fourth-order valence-corrected chi connectivity index (χ4v) is 3.74. The van der Waals surface area contributed by atoms with Gasteiger partial charge < -0.3 is 15.1 Å². The molecule has 2 fully saturated rings. The van der Waals surface area contributed by atoms with Crippen molar-refractivity contribution in [2.45, 2.75) is 45.1 Å². The highest BCUT2D eigenvalue weighted by Gasteiger charge is 2.30. The third-order valence-corrected chi connectivity index (χ3v) is 5.33. The van der Waals surface area contributed by atoms with Crippen LogP contribution in [0.3, 0.4) is 0 Å². The maximum absolute atomic E-state index is 12.9. The number of hydrogen-bond acceptors (Lipinski definition) is 3. The van der Waals surface area contributed by atoms with Crippen molar-refractivity contribution in [1.29, 1.82) is 0 Å². The van der Waals surface area contributed by atoms with E-state index in [9.17, 15) is 9.59 Å². The smallest absolute Gasteiger partial charge is 0.242 e. The molecule has 2 aliphatic rings. The minimum Gasteiger partial charge on any atom is -0.333 e. The van der Waals surface area contributed by atoms with Gasteiger partial charge >= 0.3 is 0 Å². The number of nitrogens with one attached hydrogen (secondary N) is 1. The molecular formula is C20H30ClN3O2. The molecule has 5 nitrogen and oxygen atoms in total. The summed E-state index contributed by atoms with van der Waals surface area (Å²) in [6.07, 6.45) is 4.63. The third kappa shape index (κ3) is 4.98. The Hall–Kier alpha value is -1.59. The second-order valence-electron chi connectivity index (χ2n) is 7.03. The molecule has 1 unspecified atom stereocenters. The summed E-state index contributed by atoms with van der Waals surface area (Å²) in [7, 11) is 0. The van der Waals surface area contributed by atoms with Crippen molar-refractivity contribution >= 4 is 24.2 Å². The molecule has 0 aliphatic carbocycles. The zero-order chi connectivity index (χ0) is 17.6. The molecule has 26 heavy (non-hydrogen) atoms. The number of hydrogen-bond donors (Lipinski definition) is 1. The molecule has 2 aliphatic heterocycles. The lowest BCUT2D eigenvalue weighted by molar-refractivity contribution is -0.142. The molecule has 0 bridgehead atoms. The van der Waals surface area contributed by atoms with Crippen molar-refractivity contribution < 1.29 is 9.59 Å². The Balaban J connectivity index is 0.00000243. The van der Waals surface area contributed by atoms with Crippen LogP contribution in [0.5, 0.6) is 0 Å². The van der Waals surface area contributed by atoms with Crippen LogP contribution in [0.4, 0.5) is 0 Å². The summed E-state index contributed by atoms with van der Waals surface area (Å²) >= 11 is 0. The standard InChI is InChI=1S/C20H29N3O2.ClH/c1-2-16-7-9-17(10-8-16)18-14-21-11-13-23(18)20(25)15-22-12-5-3-4-6-19(22)24;/h7-10,18,21H,2-6,11-15H2,1H3;1H. The van der Waals surface area contributed by atoms with Gasteiger partial charge in [0, 0.05) is 32.6 Å². The van der Waals surface area contributed by atoms with Gasteiger partial charge in [-0.15, -0.1) is 12.4 Å². The monoisotopic (exact) mass is 379 g/mol. The van der Waals surface area contributed by atoms with E-state index in [2.05, 4.69) is 36.5 Å². The summed E-state index contributed by atoms with van der Waals surface area (Å²) in [5.41, 5.74) is 2.47. The van der Waals surface area contributed by atoms with E-state index < -0.39 is 0 Å².